The van der Waals surface area contributed by atoms with Crippen LogP contribution in [-0.4, -0.2) is 37.8 Å². The van der Waals surface area contributed by atoms with E-state index >= 15 is 0 Å². The number of carbonyl (C=O) groups is 2. The van der Waals surface area contributed by atoms with Crippen molar-refractivity contribution in [2.45, 2.75) is 141 Å². The summed E-state index contributed by atoms with van der Waals surface area (Å²) in [5.41, 5.74) is 5.48. The van der Waals surface area contributed by atoms with E-state index in [1.165, 1.54) is 57.8 Å². The lowest BCUT2D eigenvalue weighted by Gasteiger charge is -2.16. The maximum Gasteiger partial charge on any atom is 0.327 e. The first-order chi connectivity index (χ1) is 17.1. The van der Waals surface area contributed by atoms with Crippen LogP contribution in [0.15, 0.2) is 0 Å². The molecule has 0 aromatic rings. The molecule has 8 heteroatoms. The molecular formula is C27H52NO6P. The molecule has 0 fully saturated rings. The number of hydrogen-bond donors (Lipinski definition) is 1. The van der Waals surface area contributed by atoms with Crippen LogP contribution in [0.1, 0.15) is 135 Å². The molecule has 0 aromatic heterocycles. The van der Waals surface area contributed by atoms with E-state index in [9.17, 15) is 14.2 Å². The molecular weight excluding hydrogens is 465 g/mol. The standard InChI is InChI=1S/C27H52NO6P/c1-2-3-4-5-6-7-8-9-10-11-15-18-21-27(30)34-25(24-33-35-31)23-32-26(29)20-17-14-12-13-16-19-22-28/h25H,2-24,28H2,1H3/t25-/m1/s1. The van der Waals surface area contributed by atoms with Crippen LogP contribution in [0.5, 0.6) is 0 Å². The molecule has 0 heterocycles. The zero-order chi connectivity index (χ0) is 25.8. The largest absolute Gasteiger partial charge is 0.462 e. The molecule has 0 aliphatic carbocycles. The van der Waals surface area contributed by atoms with Crippen molar-refractivity contribution in [2.24, 2.45) is 5.73 Å². The molecule has 0 spiro atoms. The summed E-state index contributed by atoms with van der Waals surface area (Å²) >= 11 is 0. The molecule has 0 radical (unpaired) electrons. The number of esters is 2. The van der Waals surface area contributed by atoms with E-state index < -0.39 is 14.8 Å². The molecule has 35 heavy (non-hydrogen) atoms. The summed E-state index contributed by atoms with van der Waals surface area (Å²) in [6.45, 7) is 2.83. The monoisotopic (exact) mass is 517 g/mol. The minimum Gasteiger partial charge on any atom is -0.462 e. The first-order valence-corrected chi connectivity index (χ1v) is 14.9. The first kappa shape index (κ1) is 34.0. The fourth-order valence-corrected chi connectivity index (χ4v) is 4.19. The second kappa shape index (κ2) is 27.5. The van der Waals surface area contributed by atoms with E-state index in [1.807, 2.05) is 0 Å². The van der Waals surface area contributed by atoms with Crippen LogP contribution < -0.4 is 5.73 Å². The number of ether oxygens (including phenoxy) is 2. The zero-order valence-electron chi connectivity index (χ0n) is 22.3. The molecule has 0 saturated carbocycles. The Kier molecular flexibility index (Phi) is 26.7. The molecule has 0 bridgehead atoms. The Hall–Kier alpha value is -1.04. The van der Waals surface area contributed by atoms with Gasteiger partial charge in [0.1, 0.15) is 13.2 Å². The topological polar surface area (TPSA) is 105 Å². The number of nitrogens with two attached hydrogens (primary N) is 1. The SMILES string of the molecule is CCCCCCCCCCCCCCC(=O)O[C@@H](COP=O)COC(=O)CCCCCCCCN. The van der Waals surface area contributed by atoms with Gasteiger partial charge in [0.25, 0.3) is 0 Å². The minimum absolute atomic E-state index is 0.0658. The maximum atomic E-state index is 12.2. The third-order valence-electron chi connectivity index (χ3n) is 6.11. The van der Waals surface area contributed by atoms with Crippen molar-refractivity contribution in [3.8, 4) is 0 Å². The Balaban J connectivity index is 3.81. The summed E-state index contributed by atoms with van der Waals surface area (Å²) in [7, 11) is -0.490. The Labute approximate surface area is 215 Å². The van der Waals surface area contributed by atoms with Gasteiger partial charge in [0.2, 0.25) is 0 Å². The predicted molar refractivity (Wildman–Crippen MR) is 141 cm³/mol. The van der Waals surface area contributed by atoms with Gasteiger partial charge in [0, 0.05) is 12.8 Å². The summed E-state index contributed by atoms with van der Waals surface area (Å²) in [5.74, 6) is -0.643. The average molecular weight is 518 g/mol. The first-order valence-electron chi connectivity index (χ1n) is 14.1. The quantitative estimate of drug-likeness (QED) is 0.0685. The van der Waals surface area contributed by atoms with Gasteiger partial charge in [-0.2, -0.15) is 0 Å². The molecule has 0 amide bonds. The molecule has 0 aliphatic rings. The molecule has 0 rings (SSSR count). The van der Waals surface area contributed by atoms with Crippen molar-refractivity contribution in [1.82, 2.24) is 0 Å². The maximum absolute atomic E-state index is 12.2. The number of hydrogen-bond acceptors (Lipinski definition) is 7. The van der Waals surface area contributed by atoms with Crippen LogP contribution in [-0.2, 0) is 28.2 Å². The Bertz CT molecular complexity index is 506. The second-order valence-corrected chi connectivity index (χ2v) is 9.87. The number of rotatable bonds is 27. The fourth-order valence-electron chi connectivity index (χ4n) is 3.96. The molecule has 2 N–H and O–H groups in total. The average Bonchev–Trinajstić information content (AvgIpc) is 2.85. The Morgan fingerprint density at radius 2 is 1.11 bits per heavy atom. The highest BCUT2D eigenvalue weighted by Crippen LogP contribution is 2.13. The van der Waals surface area contributed by atoms with Gasteiger partial charge >= 0.3 is 20.6 Å². The van der Waals surface area contributed by atoms with Gasteiger partial charge in [-0.05, 0) is 25.8 Å². The molecule has 0 saturated heterocycles. The lowest BCUT2D eigenvalue weighted by atomic mass is 10.0. The summed E-state index contributed by atoms with van der Waals surface area (Å²) in [5, 5.41) is 0. The van der Waals surface area contributed by atoms with E-state index in [2.05, 4.69) is 6.92 Å². The van der Waals surface area contributed by atoms with Crippen molar-refractivity contribution in [2.75, 3.05) is 19.8 Å². The molecule has 0 aromatic carbocycles. The Morgan fingerprint density at radius 1 is 0.657 bits per heavy atom. The van der Waals surface area contributed by atoms with E-state index in [0.29, 0.717) is 12.8 Å². The summed E-state index contributed by atoms with van der Waals surface area (Å²) in [6.07, 6.45) is 20.9. The molecule has 0 aliphatic heterocycles. The van der Waals surface area contributed by atoms with E-state index in [0.717, 1.165) is 64.3 Å². The normalized spacial score (nSPS) is 12.1. The lowest BCUT2D eigenvalue weighted by molar-refractivity contribution is -0.160. The highest BCUT2D eigenvalue weighted by Gasteiger charge is 2.17. The number of unbranched alkanes of at least 4 members (excludes halogenated alkanes) is 16. The Morgan fingerprint density at radius 3 is 1.60 bits per heavy atom. The minimum atomic E-state index is -0.735. The number of carbonyl (C=O) groups excluding carboxylic acids is 2. The fraction of sp³-hybridized carbons (Fsp3) is 0.926. The zero-order valence-corrected chi connectivity index (χ0v) is 23.2. The highest BCUT2D eigenvalue weighted by atomic mass is 31.1. The van der Waals surface area contributed by atoms with Gasteiger partial charge in [0.05, 0.1) is 0 Å². The third kappa shape index (κ3) is 25.8. The molecule has 1 atom stereocenters. The van der Waals surface area contributed by atoms with Crippen molar-refractivity contribution in [1.29, 1.82) is 0 Å². The summed E-state index contributed by atoms with van der Waals surface area (Å²) < 4.78 is 26.1. The van der Waals surface area contributed by atoms with Crippen molar-refractivity contribution < 1.29 is 28.2 Å². The summed E-state index contributed by atoms with van der Waals surface area (Å²) in [4.78, 5) is 24.1. The smallest absolute Gasteiger partial charge is 0.327 e. The van der Waals surface area contributed by atoms with Gasteiger partial charge in [-0.25, -0.2) is 4.57 Å². The molecule has 206 valence electrons. The van der Waals surface area contributed by atoms with Crippen LogP contribution in [0.2, 0.25) is 0 Å². The van der Waals surface area contributed by atoms with Crippen LogP contribution in [0.3, 0.4) is 0 Å². The summed E-state index contributed by atoms with van der Waals surface area (Å²) in [6, 6.07) is 0. The van der Waals surface area contributed by atoms with Gasteiger partial charge < -0.3 is 15.2 Å². The van der Waals surface area contributed by atoms with Gasteiger partial charge in [-0.3, -0.25) is 14.1 Å². The van der Waals surface area contributed by atoms with Crippen LogP contribution in [0.4, 0.5) is 0 Å². The lowest BCUT2D eigenvalue weighted by Crippen LogP contribution is -2.28. The van der Waals surface area contributed by atoms with E-state index in [1.54, 1.807) is 0 Å². The van der Waals surface area contributed by atoms with Crippen LogP contribution in [0.25, 0.3) is 0 Å². The van der Waals surface area contributed by atoms with Crippen molar-refractivity contribution in [3.63, 3.8) is 0 Å². The predicted octanol–water partition coefficient (Wildman–Crippen LogP) is 7.45. The van der Waals surface area contributed by atoms with Crippen molar-refractivity contribution >= 4 is 20.6 Å². The van der Waals surface area contributed by atoms with E-state index in [4.69, 9.17) is 19.7 Å². The van der Waals surface area contributed by atoms with Crippen LogP contribution in [0, 0.1) is 0 Å². The van der Waals surface area contributed by atoms with Gasteiger partial charge in [-0.15, -0.1) is 0 Å². The highest BCUT2D eigenvalue weighted by molar-refractivity contribution is 7.17. The molecule has 0 unspecified atom stereocenters. The molecule has 7 nitrogen and oxygen atoms in total. The van der Waals surface area contributed by atoms with Crippen LogP contribution >= 0.6 is 8.69 Å². The second-order valence-electron chi connectivity index (χ2n) is 9.46. The van der Waals surface area contributed by atoms with Gasteiger partial charge in [0.15, 0.2) is 6.10 Å². The third-order valence-corrected chi connectivity index (χ3v) is 6.37. The van der Waals surface area contributed by atoms with Gasteiger partial charge in [-0.1, -0.05) is 103 Å². The van der Waals surface area contributed by atoms with Crippen molar-refractivity contribution in [3.05, 3.63) is 0 Å². The van der Waals surface area contributed by atoms with E-state index in [-0.39, 0.29) is 25.2 Å².